The minimum absolute atomic E-state index is 0. The van der Waals surface area contributed by atoms with Crippen LogP contribution in [0.4, 0.5) is 4.79 Å². The van der Waals surface area contributed by atoms with E-state index in [-0.39, 0.29) is 36.1 Å². The smallest absolute Gasteiger partial charge is 0.407 e. The number of hydrogen-bond donors (Lipinski definition) is 3. The molecule has 0 fully saturated rings. The summed E-state index contributed by atoms with van der Waals surface area (Å²) < 4.78 is 5.32. The maximum Gasteiger partial charge on any atom is 0.407 e. The van der Waals surface area contributed by atoms with Crippen molar-refractivity contribution in [3.8, 4) is 0 Å². The van der Waals surface area contributed by atoms with Crippen LogP contribution in [0.3, 0.4) is 0 Å². The van der Waals surface area contributed by atoms with Crippen LogP contribution in [-0.4, -0.2) is 43.3 Å². The average molecular weight is 456 g/mol. The number of guanidine groups is 1. The standard InChI is InChI=1S/C17H36N4O2.HI/c1-9-10-14(21-16(22)23-17(5,6)7)11-19-15(18-8)20-13(4)12(2)3;/h12-14H,9-11H2,1-8H3,(H,21,22)(H2,18,19,20);1H. The van der Waals surface area contributed by atoms with Crippen molar-refractivity contribution in [3.63, 3.8) is 0 Å². The molecule has 0 bridgehead atoms. The number of halogens is 1. The third-order valence-electron chi connectivity index (χ3n) is 3.46. The number of amides is 1. The third kappa shape index (κ3) is 12.7. The van der Waals surface area contributed by atoms with Crippen molar-refractivity contribution in [1.82, 2.24) is 16.0 Å². The number of nitrogens with zero attached hydrogens (tertiary/aromatic N) is 1. The number of rotatable bonds is 7. The molecule has 0 rings (SSSR count). The molecule has 6 nitrogen and oxygen atoms in total. The van der Waals surface area contributed by atoms with E-state index in [1.54, 1.807) is 7.05 Å². The largest absolute Gasteiger partial charge is 0.444 e. The third-order valence-corrected chi connectivity index (χ3v) is 3.46. The molecule has 0 saturated carbocycles. The van der Waals surface area contributed by atoms with Crippen LogP contribution in [0.1, 0.15) is 61.3 Å². The van der Waals surface area contributed by atoms with Gasteiger partial charge in [0.2, 0.25) is 0 Å². The summed E-state index contributed by atoms with van der Waals surface area (Å²) in [6.45, 7) is 14.7. The Hall–Kier alpha value is -0.730. The van der Waals surface area contributed by atoms with Gasteiger partial charge in [0.05, 0.1) is 0 Å². The lowest BCUT2D eigenvalue weighted by Gasteiger charge is -2.25. The zero-order chi connectivity index (χ0) is 18.0. The summed E-state index contributed by atoms with van der Waals surface area (Å²) in [6, 6.07) is 0.326. The van der Waals surface area contributed by atoms with Gasteiger partial charge in [-0.15, -0.1) is 24.0 Å². The molecular weight excluding hydrogens is 419 g/mol. The molecule has 2 unspecified atom stereocenters. The van der Waals surface area contributed by atoms with Crippen LogP contribution in [0.15, 0.2) is 4.99 Å². The summed E-state index contributed by atoms with van der Waals surface area (Å²) in [5.41, 5.74) is -0.488. The molecule has 0 saturated heterocycles. The van der Waals surface area contributed by atoms with Gasteiger partial charge >= 0.3 is 6.09 Å². The fourth-order valence-electron chi connectivity index (χ4n) is 1.84. The van der Waals surface area contributed by atoms with Gasteiger partial charge in [0.25, 0.3) is 0 Å². The lowest BCUT2D eigenvalue weighted by molar-refractivity contribution is 0.0502. The second-order valence-corrected chi connectivity index (χ2v) is 7.26. The fourth-order valence-corrected chi connectivity index (χ4v) is 1.84. The number of carbonyl (C=O) groups is 1. The van der Waals surface area contributed by atoms with Crippen molar-refractivity contribution < 1.29 is 9.53 Å². The van der Waals surface area contributed by atoms with E-state index in [2.05, 4.69) is 48.6 Å². The molecule has 0 aliphatic carbocycles. The Bertz CT molecular complexity index is 381. The summed E-state index contributed by atoms with van der Waals surface area (Å²) in [5.74, 6) is 1.26. The molecule has 1 amide bonds. The first kappa shape index (κ1) is 25.5. The highest BCUT2D eigenvalue weighted by atomic mass is 127. The zero-order valence-corrected chi connectivity index (χ0v) is 18.9. The number of aliphatic imine (C=N–C) groups is 1. The van der Waals surface area contributed by atoms with Crippen molar-refractivity contribution in [2.75, 3.05) is 13.6 Å². The van der Waals surface area contributed by atoms with Crippen molar-refractivity contribution in [2.24, 2.45) is 10.9 Å². The molecular formula is C17H37IN4O2. The molecule has 24 heavy (non-hydrogen) atoms. The van der Waals surface area contributed by atoms with Crippen LogP contribution < -0.4 is 16.0 Å². The Morgan fingerprint density at radius 1 is 1.17 bits per heavy atom. The molecule has 0 aliphatic rings. The van der Waals surface area contributed by atoms with Crippen LogP contribution in [0.2, 0.25) is 0 Å². The van der Waals surface area contributed by atoms with E-state index in [0.717, 1.165) is 18.8 Å². The maximum absolute atomic E-state index is 11.9. The number of alkyl carbamates (subject to hydrolysis) is 1. The summed E-state index contributed by atoms with van der Waals surface area (Å²) in [4.78, 5) is 16.1. The van der Waals surface area contributed by atoms with Gasteiger partial charge in [0.1, 0.15) is 5.60 Å². The van der Waals surface area contributed by atoms with E-state index >= 15 is 0 Å². The van der Waals surface area contributed by atoms with Gasteiger partial charge < -0.3 is 20.7 Å². The molecule has 144 valence electrons. The van der Waals surface area contributed by atoms with Crippen LogP contribution in [0.5, 0.6) is 0 Å². The molecule has 0 spiro atoms. The summed E-state index contributed by atoms with van der Waals surface area (Å²) in [7, 11) is 1.75. The Kier molecular flexibility index (Phi) is 13.4. The quantitative estimate of drug-likeness (QED) is 0.312. The first-order valence-electron chi connectivity index (χ1n) is 8.55. The van der Waals surface area contributed by atoms with Gasteiger partial charge in [-0.25, -0.2) is 4.79 Å². The molecule has 0 aromatic rings. The van der Waals surface area contributed by atoms with Crippen LogP contribution in [0.25, 0.3) is 0 Å². The van der Waals surface area contributed by atoms with E-state index in [4.69, 9.17) is 4.74 Å². The molecule has 0 aromatic carbocycles. The van der Waals surface area contributed by atoms with Crippen LogP contribution in [-0.2, 0) is 4.74 Å². The summed E-state index contributed by atoms with van der Waals surface area (Å²) in [6.07, 6.45) is 1.48. The highest BCUT2D eigenvalue weighted by molar-refractivity contribution is 14.0. The lowest BCUT2D eigenvalue weighted by atomic mass is 10.1. The number of ether oxygens (including phenoxy) is 1. The van der Waals surface area contributed by atoms with E-state index in [0.29, 0.717) is 18.5 Å². The van der Waals surface area contributed by atoms with Gasteiger partial charge in [0.15, 0.2) is 5.96 Å². The van der Waals surface area contributed by atoms with Crippen LogP contribution in [0, 0.1) is 5.92 Å². The molecule has 2 atom stereocenters. The molecule has 0 radical (unpaired) electrons. The molecule has 7 heteroatoms. The number of nitrogens with one attached hydrogen (secondary N) is 3. The van der Waals surface area contributed by atoms with E-state index in [9.17, 15) is 4.79 Å². The molecule has 0 aliphatic heterocycles. The Balaban J connectivity index is 0. The average Bonchev–Trinajstić information content (AvgIpc) is 2.40. The predicted octanol–water partition coefficient (Wildman–Crippen LogP) is 3.51. The van der Waals surface area contributed by atoms with Gasteiger partial charge in [0, 0.05) is 25.7 Å². The molecule has 0 heterocycles. The minimum atomic E-state index is -0.488. The number of carbonyl (C=O) groups excluding carboxylic acids is 1. The lowest BCUT2D eigenvalue weighted by Crippen LogP contribution is -2.50. The SMILES string of the molecule is CCCC(CNC(=NC)NC(C)C(C)C)NC(=O)OC(C)(C)C.I. The van der Waals surface area contributed by atoms with Gasteiger partial charge in [-0.2, -0.15) is 0 Å². The van der Waals surface area contributed by atoms with E-state index in [1.807, 2.05) is 20.8 Å². The van der Waals surface area contributed by atoms with E-state index < -0.39 is 5.60 Å². The fraction of sp³-hybridized carbons (Fsp3) is 0.882. The second-order valence-electron chi connectivity index (χ2n) is 7.26. The predicted molar refractivity (Wildman–Crippen MR) is 112 cm³/mol. The van der Waals surface area contributed by atoms with Crippen molar-refractivity contribution in [1.29, 1.82) is 0 Å². The van der Waals surface area contributed by atoms with Crippen LogP contribution >= 0.6 is 24.0 Å². The van der Waals surface area contributed by atoms with Gasteiger partial charge in [-0.1, -0.05) is 27.2 Å². The highest BCUT2D eigenvalue weighted by Gasteiger charge is 2.19. The Labute approximate surface area is 165 Å². The Morgan fingerprint density at radius 3 is 2.17 bits per heavy atom. The van der Waals surface area contributed by atoms with E-state index in [1.165, 1.54) is 0 Å². The van der Waals surface area contributed by atoms with Crippen molar-refractivity contribution >= 4 is 36.0 Å². The summed E-state index contributed by atoms with van der Waals surface area (Å²) >= 11 is 0. The normalized spacial score (nSPS) is 14.5. The zero-order valence-electron chi connectivity index (χ0n) is 16.5. The monoisotopic (exact) mass is 456 g/mol. The van der Waals surface area contributed by atoms with Crippen molar-refractivity contribution in [2.45, 2.75) is 79.0 Å². The maximum atomic E-state index is 11.9. The minimum Gasteiger partial charge on any atom is -0.444 e. The number of hydrogen-bond acceptors (Lipinski definition) is 3. The second kappa shape index (κ2) is 12.6. The molecule has 3 N–H and O–H groups in total. The Morgan fingerprint density at radius 2 is 1.75 bits per heavy atom. The molecule has 0 aromatic heterocycles. The van der Waals surface area contributed by atoms with Crippen molar-refractivity contribution in [3.05, 3.63) is 0 Å². The first-order chi connectivity index (χ1) is 10.6. The highest BCUT2D eigenvalue weighted by Crippen LogP contribution is 2.07. The topological polar surface area (TPSA) is 74.8 Å². The van der Waals surface area contributed by atoms with Gasteiger partial charge in [-0.05, 0) is 40.0 Å². The summed E-state index contributed by atoms with van der Waals surface area (Å²) in [5, 5.41) is 9.55. The van der Waals surface area contributed by atoms with Gasteiger partial charge in [-0.3, -0.25) is 4.99 Å². The first-order valence-corrected chi connectivity index (χ1v) is 8.55.